The Morgan fingerprint density at radius 1 is 1.67 bits per heavy atom. The van der Waals surface area contributed by atoms with Crippen molar-refractivity contribution in [1.82, 2.24) is 0 Å². The molecule has 0 spiro atoms. The average Bonchev–Trinajstić information content (AvgIpc) is 1.87. The number of ether oxygens (including phenoxy) is 2. The molecule has 0 fully saturated rings. The minimum atomic E-state index is -0.458. The molecule has 4 heteroatoms. The van der Waals surface area contributed by atoms with Gasteiger partial charge in [-0.3, -0.25) is 5.41 Å². The Balaban J connectivity index is 3.45. The Morgan fingerprint density at radius 3 is 2.56 bits per heavy atom. The van der Waals surface area contributed by atoms with Crippen molar-refractivity contribution < 1.29 is 9.47 Å². The number of hydrogen-bond donors (Lipinski definition) is 1. The van der Waals surface area contributed by atoms with Crippen LogP contribution in [-0.2, 0) is 9.47 Å². The molecular weight excluding hydrogens is 142 g/mol. The van der Waals surface area contributed by atoms with Gasteiger partial charge >= 0.3 is 0 Å². The maximum absolute atomic E-state index is 7.01. The fourth-order valence-electron chi connectivity index (χ4n) is 0.350. The van der Waals surface area contributed by atoms with Gasteiger partial charge in [0.2, 0.25) is 5.90 Å². The highest BCUT2D eigenvalue weighted by atomic mass is 35.5. The molecule has 0 saturated heterocycles. The van der Waals surface area contributed by atoms with Crippen molar-refractivity contribution in [1.29, 1.82) is 5.41 Å². The third-order valence-corrected chi connectivity index (χ3v) is 1.14. The molecule has 9 heavy (non-hydrogen) atoms. The molecule has 0 heterocycles. The maximum Gasteiger partial charge on any atom is 0.201 e. The Hall–Kier alpha value is -0.280. The molecule has 1 unspecified atom stereocenters. The lowest BCUT2D eigenvalue weighted by molar-refractivity contribution is 0.202. The highest BCUT2D eigenvalue weighted by Gasteiger charge is 2.09. The van der Waals surface area contributed by atoms with Crippen LogP contribution in [0.1, 0.15) is 0 Å². The van der Waals surface area contributed by atoms with Gasteiger partial charge in [0.1, 0.15) is 5.38 Å². The summed E-state index contributed by atoms with van der Waals surface area (Å²) in [5.41, 5.74) is 0. The molecule has 0 aromatic carbocycles. The van der Waals surface area contributed by atoms with Crippen LogP contribution in [0.2, 0.25) is 0 Å². The SMILES string of the molecule is COCC(Cl)C(=N)OC. The van der Waals surface area contributed by atoms with Crippen molar-refractivity contribution in [2.24, 2.45) is 0 Å². The van der Waals surface area contributed by atoms with Crippen LogP contribution in [0.4, 0.5) is 0 Å². The van der Waals surface area contributed by atoms with Gasteiger partial charge in [0.05, 0.1) is 13.7 Å². The van der Waals surface area contributed by atoms with E-state index in [1.54, 1.807) is 0 Å². The lowest BCUT2D eigenvalue weighted by Gasteiger charge is -2.06. The predicted molar refractivity (Wildman–Crippen MR) is 36.3 cm³/mol. The molecular formula is C5H10ClNO2. The van der Waals surface area contributed by atoms with Crippen LogP contribution < -0.4 is 0 Å². The quantitative estimate of drug-likeness (QED) is 0.370. The summed E-state index contributed by atoms with van der Waals surface area (Å²) in [4.78, 5) is 0. The zero-order valence-corrected chi connectivity index (χ0v) is 6.23. The molecule has 0 bridgehead atoms. The van der Waals surface area contributed by atoms with Crippen molar-refractivity contribution in [3.8, 4) is 0 Å². The Labute approximate surface area is 59.4 Å². The van der Waals surface area contributed by atoms with Crippen molar-refractivity contribution in [3.05, 3.63) is 0 Å². The van der Waals surface area contributed by atoms with Crippen LogP contribution in [0, 0.1) is 5.41 Å². The number of methoxy groups -OCH3 is 2. The smallest absolute Gasteiger partial charge is 0.201 e. The second-order valence-electron chi connectivity index (χ2n) is 1.49. The second-order valence-corrected chi connectivity index (χ2v) is 2.02. The van der Waals surface area contributed by atoms with E-state index in [9.17, 15) is 0 Å². The minimum Gasteiger partial charge on any atom is -0.483 e. The Bertz CT molecular complexity index is 97.0. The molecule has 0 amide bonds. The zero-order chi connectivity index (χ0) is 7.28. The van der Waals surface area contributed by atoms with Gasteiger partial charge < -0.3 is 9.47 Å². The van der Waals surface area contributed by atoms with Gasteiger partial charge in [0.15, 0.2) is 0 Å². The van der Waals surface area contributed by atoms with Crippen molar-refractivity contribution >= 4 is 17.5 Å². The predicted octanol–water partition coefficient (Wildman–Crippen LogP) is 0.864. The van der Waals surface area contributed by atoms with Gasteiger partial charge in [-0.15, -0.1) is 11.6 Å². The first kappa shape index (κ1) is 8.72. The normalized spacial score (nSPS) is 12.8. The molecule has 0 saturated carbocycles. The lowest BCUT2D eigenvalue weighted by Crippen LogP contribution is -2.20. The molecule has 0 aliphatic heterocycles. The Kier molecular flexibility index (Phi) is 4.44. The summed E-state index contributed by atoms with van der Waals surface area (Å²) >= 11 is 5.56. The minimum absolute atomic E-state index is 0.0403. The molecule has 1 atom stereocenters. The lowest BCUT2D eigenvalue weighted by atomic mass is 10.4. The molecule has 0 aliphatic carbocycles. The Morgan fingerprint density at radius 2 is 2.22 bits per heavy atom. The number of alkyl halides is 1. The average molecular weight is 152 g/mol. The standard InChI is InChI=1S/C5H10ClNO2/c1-8-3-4(6)5(7)9-2/h4,7H,3H2,1-2H3. The molecule has 0 aliphatic rings. The van der Waals surface area contributed by atoms with Crippen molar-refractivity contribution in [2.75, 3.05) is 20.8 Å². The van der Waals surface area contributed by atoms with Gasteiger partial charge in [-0.1, -0.05) is 0 Å². The summed E-state index contributed by atoms with van der Waals surface area (Å²) < 4.78 is 9.21. The number of nitrogens with one attached hydrogen (secondary N) is 1. The first-order chi connectivity index (χ1) is 4.22. The second kappa shape index (κ2) is 4.58. The summed E-state index contributed by atoms with van der Waals surface area (Å²) in [5.74, 6) is 0.0403. The number of halogens is 1. The van der Waals surface area contributed by atoms with Crippen molar-refractivity contribution in [3.63, 3.8) is 0 Å². The highest BCUT2D eigenvalue weighted by Crippen LogP contribution is 1.97. The van der Waals surface area contributed by atoms with E-state index >= 15 is 0 Å². The summed E-state index contributed by atoms with van der Waals surface area (Å²) in [6, 6.07) is 0. The van der Waals surface area contributed by atoms with Gasteiger partial charge in [-0.05, 0) is 0 Å². The van der Waals surface area contributed by atoms with E-state index in [-0.39, 0.29) is 5.90 Å². The number of hydrogen-bond acceptors (Lipinski definition) is 3. The van der Waals surface area contributed by atoms with Crippen LogP contribution >= 0.6 is 11.6 Å². The molecule has 0 radical (unpaired) electrons. The summed E-state index contributed by atoms with van der Waals surface area (Å²) in [5, 5.41) is 6.55. The third kappa shape index (κ3) is 3.32. The van der Waals surface area contributed by atoms with Crippen LogP contribution in [-0.4, -0.2) is 32.1 Å². The maximum atomic E-state index is 7.01. The fourth-order valence-corrected chi connectivity index (χ4v) is 0.565. The van der Waals surface area contributed by atoms with Gasteiger partial charge in [0, 0.05) is 7.11 Å². The first-order valence-corrected chi connectivity index (χ1v) is 2.91. The van der Waals surface area contributed by atoms with E-state index in [1.807, 2.05) is 0 Å². The van der Waals surface area contributed by atoms with E-state index in [0.29, 0.717) is 6.61 Å². The van der Waals surface area contributed by atoms with Crippen LogP contribution in [0.25, 0.3) is 0 Å². The van der Waals surface area contributed by atoms with Gasteiger partial charge in [-0.2, -0.15) is 0 Å². The van der Waals surface area contributed by atoms with Crippen LogP contribution in [0.3, 0.4) is 0 Å². The summed E-state index contributed by atoms with van der Waals surface area (Å²) in [6.07, 6.45) is 0. The van der Waals surface area contributed by atoms with Crippen molar-refractivity contribution in [2.45, 2.75) is 5.38 Å². The van der Waals surface area contributed by atoms with E-state index < -0.39 is 5.38 Å². The largest absolute Gasteiger partial charge is 0.483 e. The van der Waals surface area contributed by atoms with Crippen LogP contribution in [0.15, 0.2) is 0 Å². The van der Waals surface area contributed by atoms with E-state index in [4.69, 9.17) is 17.0 Å². The summed E-state index contributed by atoms with van der Waals surface area (Å²) in [7, 11) is 2.94. The topological polar surface area (TPSA) is 42.3 Å². The monoisotopic (exact) mass is 151 g/mol. The highest BCUT2D eigenvalue weighted by molar-refractivity contribution is 6.30. The molecule has 54 valence electrons. The van der Waals surface area contributed by atoms with E-state index in [1.165, 1.54) is 14.2 Å². The van der Waals surface area contributed by atoms with E-state index in [0.717, 1.165) is 0 Å². The zero-order valence-electron chi connectivity index (χ0n) is 5.48. The summed E-state index contributed by atoms with van der Waals surface area (Å²) in [6.45, 7) is 0.314. The third-order valence-electron chi connectivity index (χ3n) is 0.817. The molecule has 0 aromatic rings. The molecule has 0 rings (SSSR count). The fraction of sp³-hybridized carbons (Fsp3) is 0.800. The van der Waals surface area contributed by atoms with Gasteiger partial charge in [0.25, 0.3) is 0 Å². The van der Waals surface area contributed by atoms with E-state index in [2.05, 4.69) is 9.47 Å². The molecule has 3 nitrogen and oxygen atoms in total. The molecule has 0 aromatic heterocycles. The van der Waals surface area contributed by atoms with Crippen LogP contribution in [0.5, 0.6) is 0 Å². The molecule has 1 N–H and O–H groups in total. The first-order valence-electron chi connectivity index (χ1n) is 2.47. The number of rotatable bonds is 3. The van der Waals surface area contributed by atoms with Gasteiger partial charge in [-0.25, -0.2) is 0 Å².